The van der Waals surface area contributed by atoms with Crippen molar-refractivity contribution in [3.8, 4) is 11.5 Å². The molecule has 0 aliphatic heterocycles. The highest BCUT2D eigenvalue weighted by atomic mass is 16.5. The van der Waals surface area contributed by atoms with Crippen molar-refractivity contribution >= 4 is 0 Å². The summed E-state index contributed by atoms with van der Waals surface area (Å²) in [6, 6.07) is 6.11. The van der Waals surface area contributed by atoms with Crippen molar-refractivity contribution in [2.45, 2.75) is 12.8 Å². The van der Waals surface area contributed by atoms with Crippen molar-refractivity contribution in [3.63, 3.8) is 0 Å². The number of aryl methyl sites for hydroxylation is 1. The molecule has 2 N–H and O–H groups in total. The van der Waals surface area contributed by atoms with Crippen LogP contribution in [0, 0.1) is 0 Å². The standard InChI is InChI=1S/C12H19NO2/c1-13-8-4-5-10-6-7-11(14-2)12(9-10)15-3/h6-7,9,13H,4-5,8H2,1-3H3/p+1. The van der Waals surface area contributed by atoms with Gasteiger partial charge in [0.2, 0.25) is 0 Å². The van der Waals surface area contributed by atoms with Gasteiger partial charge in [-0.2, -0.15) is 0 Å². The Kier molecular flexibility index (Phi) is 4.98. The average molecular weight is 210 g/mol. The molecule has 0 aliphatic carbocycles. The molecule has 0 saturated carbocycles. The number of rotatable bonds is 6. The Morgan fingerprint density at radius 2 is 1.87 bits per heavy atom. The number of hydrogen-bond acceptors (Lipinski definition) is 2. The lowest BCUT2D eigenvalue weighted by Crippen LogP contribution is -2.79. The van der Waals surface area contributed by atoms with Gasteiger partial charge >= 0.3 is 0 Å². The van der Waals surface area contributed by atoms with Gasteiger partial charge in [-0.25, -0.2) is 0 Å². The second-order valence-electron chi connectivity index (χ2n) is 3.49. The van der Waals surface area contributed by atoms with Crippen molar-refractivity contribution in [2.24, 2.45) is 0 Å². The minimum atomic E-state index is 0.795. The van der Waals surface area contributed by atoms with Gasteiger partial charge in [-0.15, -0.1) is 0 Å². The summed E-state index contributed by atoms with van der Waals surface area (Å²) in [6.07, 6.45) is 2.27. The monoisotopic (exact) mass is 210 g/mol. The lowest BCUT2D eigenvalue weighted by molar-refractivity contribution is -0.627. The average Bonchev–Trinajstić information content (AvgIpc) is 2.29. The molecule has 1 aromatic rings. The second kappa shape index (κ2) is 6.30. The van der Waals surface area contributed by atoms with Crippen LogP contribution in [0.5, 0.6) is 11.5 Å². The molecular formula is C12H20NO2+. The van der Waals surface area contributed by atoms with E-state index in [2.05, 4.69) is 24.5 Å². The second-order valence-corrected chi connectivity index (χ2v) is 3.49. The molecule has 0 saturated heterocycles. The maximum absolute atomic E-state index is 5.25. The van der Waals surface area contributed by atoms with E-state index >= 15 is 0 Å². The Labute approximate surface area is 91.4 Å². The first-order valence-electron chi connectivity index (χ1n) is 5.30. The molecule has 0 unspecified atom stereocenters. The van der Waals surface area contributed by atoms with E-state index in [-0.39, 0.29) is 0 Å². The highest BCUT2D eigenvalue weighted by molar-refractivity contribution is 5.42. The van der Waals surface area contributed by atoms with Gasteiger partial charge in [0.25, 0.3) is 0 Å². The maximum atomic E-state index is 5.25. The van der Waals surface area contributed by atoms with Crippen LogP contribution in [0.1, 0.15) is 12.0 Å². The number of methoxy groups -OCH3 is 2. The molecule has 3 nitrogen and oxygen atoms in total. The molecule has 0 aliphatic rings. The predicted molar refractivity (Wildman–Crippen MR) is 60.6 cm³/mol. The number of ether oxygens (including phenoxy) is 2. The van der Waals surface area contributed by atoms with Crippen molar-refractivity contribution in [3.05, 3.63) is 23.8 Å². The van der Waals surface area contributed by atoms with Crippen LogP contribution in [0.4, 0.5) is 0 Å². The molecule has 0 aromatic heterocycles. The van der Waals surface area contributed by atoms with Gasteiger partial charge in [-0.1, -0.05) is 6.07 Å². The molecule has 1 aromatic carbocycles. The summed E-state index contributed by atoms with van der Waals surface area (Å²) in [4.78, 5) is 0. The normalized spacial score (nSPS) is 10.1. The van der Waals surface area contributed by atoms with E-state index in [0.717, 1.165) is 24.5 Å². The van der Waals surface area contributed by atoms with Gasteiger partial charge in [0.15, 0.2) is 11.5 Å². The maximum Gasteiger partial charge on any atom is 0.160 e. The summed E-state index contributed by atoms with van der Waals surface area (Å²) in [5, 5.41) is 2.20. The molecule has 84 valence electrons. The molecule has 15 heavy (non-hydrogen) atoms. The van der Waals surface area contributed by atoms with Crippen LogP contribution in [-0.2, 0) is 6.42 Å². The summed E-state index contributed by atoms with van der Waals surface area (Å²) in [5.74, 6) is 1.61. The Balaban J connectivity index is 2.66. The SMILES string of the molecule is C[NH2+]CCCc1ccc(OC)c(OC)c1. The van der Waals surface area contributed by atoms with Gasteiger partial charge in [0.05, 0.1) is 27.8 Å². The van der Waals surface area contributed by atoms with Crippen LogP contribution in [0.3, 0.4) is 0 Å². The number of benzene rings is 1. The highest BCUT2D eigenvalue weighted by Crippen LogP contribution is 2.27. The largest absolute Gasteiger partial charge is 0.493 e. The van der Waals surface area contributed by atoms with Gasteiger partial charge in [-0.3, -0.25) is 0 Å². The topological polar surface area (TPSA) is 35.1 Å². The van der Waals surface area contributed by atoms with Crippen molar-refractivity contribution < 1.29 is 14.8 Å². The number of nitrogens with two attached hydrogens (primary N) is 1. The van der Waals surface area contributed by atoms with Crippen LogP contribution in [0.2, 0.25) is 0 Å². The van der Waals surface area contributed by atoms with Crippen LogP contribution in [0.15, 0.2) is 18.2 Å². The summed E-state index contributed by atoms with van der Waals surface area (Å²) in [7, 11) is 5.42. The lowest BCUT2D eigenvalue weighted by atomic mass is 10.1. The Bertz CT molecular complexity index is 300. The predicted octanol–water partition coefficient (Wildman–Crippen LogP) is 0.830. The molecule has 0 fully saturated rings. The quantitative estimate of drug-likeness (QED) is 0.706. The van der Waals surface area contributed by atoms with Gasteiger partial charge in [-0.05, 0) is 24.1 Å². The van der Waals surface area contributed by atoms with Crippen molar-refractivity contribution in [1.29, 1.82) is 0 Å². The summed E-state index contributed by atoms with van der Waals surface area (Å²) < 4.78 is 10.4. The highest BCUT2D eigenvalue weighted by Gasteiger charge is 2.04. The summed E-state index contributed by atoms with van der Waals surface area (Å²) >= 11 is 0. The fourth-order valence-electron chi connectivity index (χ4n) is 1.55. The molecule has 0 heterocycles. The van der Waals surface area contributed by atoms with Crippen LogP contribution >= 0.6 is 0 Å². The molecule has 3 heteroatoms. The summed E-state index contributed by atoms with van der Waals surface area (Å²) in [6.45, 7) is 1.16. The molecule has 0 amide bonds. The van der Waals surface area contributed by atoms with E-state index in [1.165, 1.54) is 12.0 Å². The minimum absolute atomic E-state index is 0.795. The Morgan fingerprint density at radius 3 is 2.47 bits per heavy atom. The summed E-state index contributed by atoms with van der Waals surface area (Å²) in [5.41, 5.74) is 1.30. The van der Waals surface area contributed by atoms with Gasteiger partial charge < -0.3 is 14.8 Å². The van der Waals surface area contributed by atoms with E-state index in [0.29, 0.717) is 0 Å². The van der Waals surface area contributed by atoms with Crippen LogP contribution < -0.4 is 14.8 Å². The molecule has 0 spiro atoms. The van der Waals surface area contributed by atoms with Gasteiger partial charge in [0.1, 0.15) is 0 Å². The molecule has 0 atom stereocenters. The third-order valence-electron chi connectivity index (χ3n) is 2.41. The zero-order valence-corrected chi connectivity index (χ0v) is 9.75. The molecule has 0 bridgehead atoms. The first-order chi connectivity index (χ1) is 7.31. The Hall–Kier alpha value is -1.22. The minimum Gasteiger partial charge on any atom is -0.493 e. The fraction of sp³-hybridized carbons (Fsp3) is 0.500. The first-order valence-corrected chi connectivity index (χ1v) is 5.30. The zero-order valence-electron chi connectivity index (χ0n) is 9.75. The zero-order chi connectivity index (χ0) is 11.1. The van der Waals surface area contributed by atoms with E-state index in [4.69, 9.17) is 9.47 Å². The Morgan fingerprint density at radius 1 is 1.13 bits per heavy atom. The third-order valence-corrected chi connectivity index (χ3v) is 2.41. The van der Waals surface area contributed by atoms with Crippen molar-refractivity contribution in [2.75, 3.05) is 27.8 Å². The van der Waals surface area contributed by atoms with Crippen molar-refractivity contribution in [1.82, 2.24) is 0 Å². The molecule has 0 radical (unpaired) electrons. The van der Waals surface area contributed by atoms with E-state index in [1.54, 1.807) is 14.2 Å². The number of quaternary nitrogens is 1. The van der Waals surface area contributed by atoms with E-state index in [9.17, 15) is 0 Å². The van der Waals surface area contributed by atoms with Gasteiger partial charge in [0, 0.05) is 6.42 Å². The van der Waals surface area contributed by atoms with E-state index in [1.807, 2.05) is 6.07 Å². The first kappa shape index (κ1) is 11.9. The van der Waals surface area contributed by atoms with Crippen LogP contribution in [0.25, 0.3) is 0 Å². The smallest absolute Gasteiger partial charge is 0.160 e. The number of hydrogen-bond donors (Lipinski definition) is 1. The third kappa shape index (κ3) is 3.44. The fourth-order valence-corrected chi connectivity index (χ4v) is 1.55. The molecular weight excluding hydrogens is 190 g/mol. The van der Waals surface area contributed by atoms with Crippen LogP contribution in [-0.4, -0.2) is 27.8 Å². The molecule has 1 rings (SSSR count). The lowest BCUT2D eigenvalue weighted by Gasteiger charge is -2.09. The van der Waals surface area contributed by atoms with E-state index < -0.39 is 0 Å².